The molecule has 0 aliphatic rings. The standard InChI is InChI=1S/C18H28N2O5/c1-6-23-14-9-13(10-15(24-7-2)17(14)25-8-3)18(22)20(12(4)5)11-16(19)21/h9-10,12H,6-8,11H2,1-5H3,(H2,19,21). The first-order chi connectivity index (χ1) is 11.8. The van der Waals surface area contributed by atoms with Crippen LogP contribution in [0.4, 0.5) is 0 Å². The van der Waals surface area contributed by atoms with Crippen molar-refractivity contribution < 1.29 is 23.8 Å². The second kappa shape index (κ2) is 9.76. The highest BCUT2D eigenvalue weighted by atomic mass is 16.5. The summed E-state index contributed by atoms with van der Waals surface area (Å²) in [5, 5.41) is 0. The first-order valence-corrected chi connectivity index (χ1v) is 8.51. The summed E-state index contributed by atoms with van der Waals surface area (Å²) in [7, 11) is 0. The van der Waals surface area contributed by atoms with E-state index in [-0.39, 0.29) is 18.5 Å². The van der Waals surface area contributed by atoms with Gasteiger partial charge in [0.15, 0.2) is 11.5 Å². The molecule has 0 heterocycles. The smallest absolute Gasteiger partial charge is 0.254 e. The lowest BCUT2D eigenvalue weighted by atomic mass is 10.1. The first kappa shape index (κ1) is 20.6. The molecule has 0 atom stereocenters. The van der Waals surface area contributed by atoms with Gasteiger partial charge in [-0.15, -0.1) is 0 Å². The number of nitrogens with zero attached hydrogens (tertiary/aromatic N) is 1. The average molecular weight is 352 g/mol. The van der Waals surface area contributed by atoms with Crippen LogP contribution in [0.2, 0.25) is 0 Å². The summed E-state index contributed by atoms with van der Waals surface area (Å²) in [6.07, 6.45) is 0. The number of hydrogen-bond donors (Lipinski definition) is 1. The van der Waals surface area contributed by atoms with Gasteiger partial charge in [0, 0.05) is 11.6 Å². The van der Waals surface area contributed by atoms with Crippen LogP contribution >= 0.6 is 0 Å². The van der Waals surface area contributed by atoms with Gasteiger partial charge in [0.2, 0.25) is 11.7 Å². The topological polar surface area (TPSA) is 91.1 Å². The van der Waals surface area contributed by atoms with E-state index >= 15 is 0 Å². The SMILES string of the molecule is CCOc1cc(C(=O)N(CC(N)=O)C(C)C)cc(OCC)c1OCC. The molecule has 0 aliphatic heterocycles. The normalized spacial score (nSPS) is 10.5. The van der Waals surface area contributed by atoms with Crippen molar-refractivity contribution >= 4 is 11.8 Å². The molecule has 2 N–H and O–H groups in total. The van der Waals surface area contributed by atoms with E-state index in [2.05, 4.69) is 0 Å². The lowest BCUT2D eigenvalue weighted by Crippen LogP contribution is -2.42. The molecule has 1 aromatic carbocycles. The molecular formula is C18H28N2O5. The van der Waals surface area contributed by atoms with Crippen molar-refractivity contribution in [2.24, 2.45) is 5.73 Å². The molecule has 7 heteroatoms. The van der Waals surface area contributed by atoms with E-state index in [9.17, 15) is 9.59 Å². The van der Waals surface area contributed by atoms with E-state index in [1.165, 1.54) is 4.90 Å². The molecule has 140 valence electrons. The molecule has 0 aromatic heterocycles. The zero-order valence-electron chi connectivity index (χ0n) is 15.6. The second-order valence-corrected chi connectivity index (χ2v) is 5.59. The summed E-state index contributed by atoms with van der Waals surface area (Å²) >= 11 is 0. The summed E-state index contributed by atoms with van der Waals surface area (Å²) in [6, 6.07) is 3.03. The number of amides is 2. The maximum absolute atomic E-state index is 12.9. The third-order valence-corrected chi connectivity index (χ3v) is 3.37. The fourth-order valence-corrected chi connectivity index (χ4v) is 2.33. The fraction of sp³-hybridized carbons (Fsp3) is 0.556. The molecule has 0 spiro atoms. The van der Waals surface area contributed by atoms with E-state index < -0.39 is 5.91 Å². The quantitative estimate of drug-likeness (QED) is 0.697. The van der Waals surface area contributed by atoms with Crippen LogP contribution in [0.5, 0.6) is 17.2 Å². The molecule has 2 amide bonds. The molecular weight excluding hydrogens is 324 g/mol. The summed E-state index contributed by atoms with van der Waals surface area (Å²) < 4.78 is 16.9. The van der Waals surface area contributed by atoms with Gasteiger partial charge in [0.1, 0.15) is 0 Å². The van der Waals surface area contributed by atoms with Crippen LogP contribution in [0.1, 0.15) is 45.0 Å². The molecule has 0 aliphatic carbocycles. The lowest BCUT2D eigenvalue weighted by molar-refractivity contribution is -0.119. The molecule has 0 radical (unpaired) electrons. The van der Waals surface area contributed by atoms with Gasteiger partial charge in [-0.3, -0.25) is 9.59 Å². The number of carbonyl (C=O) groups is 2. The minimum atomic E-state index is -0.567. The second-order valence-electron chi connectivity index (χ2n) is 5.59. The Balaban J connectivity index is 3.37. The lowest BCUT2D eigenvalue weighted by Gasteiger charge is -2.26. The van der Waals surface area contributed by atoms with E-state index in [0.29, 0.717) is 42.6 Å². The van der Waals surface area contributed by atoms with Crippen LogP contribution in [0.25, 0.3) is 0 Å². The van der Waals surface area contributed by atoms with Gasteiger partial charge in [-0.25, -0.2) is 0 Å². The largest absolute Gasteiger partial charge is 0.490 e. The molecule has 0 saturated carbocycles. The summed E-state index contributed by atoms with van der Waals surface area (Å²) in [5.41, 5.74) is 5.62. The van der Waals surface area contributed by atoms with Crippen molar-refractivity contribution in [3.05, 3.63) is 17.7 Å². The van der Waals surface area contributed by atoms with Gasteiger partial charge < -0.3 is 24.8 Å². The highest BCUT2D eigenvalue weighted by Gasteiger charge is 2.24. The Morgan fingerprint density at radius 2 is 1.48 bits per heavy atom. The van der Waals surface area contributed by atoms with Crippen molar-refractivity contribution in [2.75, 3.05) is 26.4 Å². The van der Waals surface area contributed by atoms with Gasteiger partial charge in [-0.1, -0.05) is 0 Å². The van der Waals surface area contributed by atoms with Crippen LogP contribution in [0.15, 0.2) is 12.1 Å². The van der Waals surface area contributed by atoms with Crippen LogP contribution in [-0.2, 0) is 4.79 Å². The number of rotatable bonds is 10. The number of ether oxygens (including phenoxy) is 3. The highest BCUT2D eigenvalue weighted by Crippen LogP contribution is 2.39. The molecule has 0 bridgehead atoms. The molecule has 1 aromatic rings. The number of primary amides is 1. The Morgan fingerprint density at radius 3 is 1.84 bits per heavy atom. The number of benzene rings is 1. The van der Waals surface area contributed by atoms with Crippen LogP contribution in [0, 0.1) is 0 Å². The van der Waals surface area contributed by atoms with Gasteiger partial charge in [-0.05, 0) is 46.8 Å². The zero-order chi connectivity index (χ0) is 19.0. The molecule has 7 nitrogen and oxygen atoms in total. The monoisotopic (exact) mass is 352 g/mol. The van der Waals surface area contributed by atoms with E-state index in [1.807, 2.05) is 34.6 Å². The Morgan fingerprint density at radius 1 is 1.00 bits per heavy atom. The van der Waals surface area contributed by atoms with Crippen LogP contribution < -0.4 is 19.9 Å². The first-order valence-electron chi connectivity index (χ1n) is 8.51. The van der Waals surface area contributed by atoms with Crippen molar-refractivity contribution in [1.29, 1.82) is 0 Å². The van der Waals surface area contributed by atoms with Crippen molar-refractivity contribution in [3.8, 4) is 17.2 Å². The van der Waals surface area contributed by atoms with Gasteiger partial charge >= 0.3 is 0 Å². The number of carbonyl (C=O) groups excluding carboxylic acids is 2. The van der Waals surface area contributed by atoms with E-state index in [0.717, 1.165) is 0 Å². The zero-order valence-corrected chi connectivity index (χ0v) is 15.6. The maximum Gasteiger partial charge on any atom is 0.254 e. The Hall–Kier alpha value is -2.44. The Bertz CT molecular complexity index is 574. The van der Waals surface area contributed by atoms with Crippen LogP contribution in [0.3, 0.4) is 0 Å². The highest BCUT2D eigenvalue weighted by molar-refractivity contribution is 5.97. The van der Waals surface area contributed by atoms with Gasteiger partial charge in [0.05, 0.1) is 26.4 Å². The molecule has 0 unspecified atom stereocenters. The van der Waals surface area contributed by atoms with Crippen molar-refractivity contribution in [2.45, 2.75) is 40.7 Å². The average Bonchev–Trinajstić information content (AvgIpc) is 2.54. The van der Waals surface area contributed by atoms with Crippen LogP contribution in [-0.4, -0.2) is 49.1 Å². The molecule has 0 saturated heterocycles. The summed E-state index contributed by atoms with van der Waals surface area (Å²) in [6.45, 7) is 10.3. The minimum absolute atomic E-state index is 0.155. The third kappa shape index (κ3) is 5.55. The Kier molecular flexibility index (Phi) is 8.04. The van der Waals surface area contributed by atoms with Crippen molar-refractivity contribution in [3.63, 3.8) is 0 Å². The molecule has 1 rings (SSSR count). The third-order valence-electron chi connectivity index (χ3n) is 3.37. The van der Waals surface area contributed by atoms with E-state index in [1.54, 1.807) is 12.1 Å². The fourth-order valence-electron chi connectivity index (χ4n) is 2.33. The minimum Gasteiger partial charge on any atom is -0.490 e. The van der Waals surface area contributed by atoms with Gasteiger partial charge in [0.25, 0.3) is 5.91 Å². The van der Waals surface area contributed by atoms with Gasteiger partial charge in [-0.2, -0.15) is 0 Å². The maximum atomic E-state index is 12.9. The molecule has 0 fully saturated rings. The summed E-state index contributed by atoms with van der Waals surface area (Å²) in [4.78, 5) is 25.6. The van der Waals surface area contributed by atoms with Crippen molar-refractivity contribution in [1.82, 2.24) is 4.90 Å². The van der Waals surface area contributed by atoms with E-state index in [4.69, 9.17) is 19.9 Å². The summed E-state index contributed by atoms with van der Waals surface area (Å²) in [5.74, 6) is 0.443. The number of nitrogens with two attached hydrogens (primary N) is 1. The Labute approximate surface area is 149 Å². The molecule has 25 heavy (non-hydrogen) atoms. The predicted molar refractivity (Wildman–Crippen MR) is 95.3 cm³/mol. The number of hydrogen-bond acceptors (Lipinski definition) is 5. The predicted octanol–water partition coefficient (Wildman–Crippen LogP) is 2.22.